The van der Waals surface area contributed by atoms with Crippen LogP contribution in [0.1, 0.15) is 27.2 Å². The van der Waals surface area contributed by atoms with Gasteiger partial charge in [0.2, 0.25) is 0 Å². The third kappa shape index (κ3) is 2.28. The van der Waals surface area contributed by atoms with Crippen molar-refractivity contribution in [1.29, 1.82) is 0 Å². The van der Waals surface area contributed by atoms with E-state index < -0.39 is 0 Å². The van der Waals surface area contributed by atoms with Crippen molar-refractivity contribution in [3.8, 4) is 5.75 Å². The largest absolute Gasteiger partial charge is 0.478 e. The Hall–Kier alpha value is -1.71. The summed E-state index contributed by atoms with van der Waals surface area (Å²) in [6.07, 6.45) is 0.303. The molecule has 0 fully saturated rings. The molecule has 1 aromatic rings. The Morgan fingerprint density at radius 2 is 2.17 bits per heavy atom. The lowest BCUT2D eigenvalue weighted by Crippen LogP contribution is -2.47. The molecule has 0 saturated heterocycles. The summed E-state index contributed by atoms with van der Waals surface area (Å²) in [7, 11) is 0. The predicted molar refractivity (Wildman–Crippen MR) is 72.8 cm³/mol. The number of benzene rings is 1. The molecule has 2 rings (SSSR count). The molecule has 1 atom stereocenters. The molecular formula is C14H20N2O2. The van der Waals surface area contributed by atoms with Crippen LogP contribution in [0.5, 0.6) is 5.75 Å². The Labute approximate surface area is 108 Å². The third-order valence-corrected chi connectivity index (χ3v) is 3.00. The van der Waals surface area contributed by atoms with Crippen molar-refractivity contribution in [3.05, 3.63) is 18.2 Å². The lowest BCUT2D eigenvalue weighted by atomic mass is 10.1. The number of rotatable bonds is 3. The zero-order valence-corrected chi connectivity index (χ0v) is 11.1. The van der Waals surface area contributed by atoms with Crippen LogP contribution in [0.2, 0.25) is 0 Å². The second-order valence-electron chi connectivity index (χ2n) is 5.08. The first-order chi connectivity index (χ1) is 8.52. The smallest absolute Gasteiger partial charge is 0.268 e. The minimum atomic E-state index is -0.375. The SMILES string of the molecule is CCC1Oc2ccc(N)cc2N(CC(C)C)C1=O. The number of ether oxygens (including phenoxy) is 1. The highest BCUT2D eigenvalue weighted by Gasteiger charge is 2.33. The molecule has 0 saturated carbocycles. The van der Waals surface area contributed by atoms with Gasteiger partial charge in [-0.2, -0.15) is 0 Å². The highest BCUT2D eigenvalue weighted by molar-refractivity contribution is 6.00. The Morgan fingerprint density at radius 1 is 1.44 bits per heavy atom. The van der Waals surface area contributed by atoms with Gasteiger partial charge < -0.3 is 15.4 Å². The lowest BCUT2D eigenvalue weighted by molar-refractivity contribution is -0.126. The first kappa shape index (κ1) is 12.7. The maximum absolute atomic E-state index is 12.3. The Morgan fingerprint density at radius 3 is 2.78 bits per heavy atom. The molecule has 18 heavy (non-hydrogen) atoms. The molecule has 0 aromatic heterocycles. The van der Waals surface area contributed by atoms with Gasteiger partial charge in [-0.3, -0.25) is 4.79 Å². The van der Waals surface area contributed by atoms with E-state index >= 15 is 0 Å². The minimum Gasteiger partial charge on any atom is -0.478 e. The number of hydrogen-bond acceptors (Lipinski definition) is 3. The van der Waals surface area contributed by atoms with Crippen LogP contribution in [0.3, 0.4) is 0 Å². The molecule has 1 unspecified atom stereocenters. The van der Waals surface area contributed by atoms with Crippen molar-refractivity contribution >= 4 is 17.3 Å². The van der Waals surface area contributed by atoms with Crippen LogP contribution in [0.25, 0.3) is 0 Å². The number of anilines is 2. The summed E-state index contributed by atoms with van der Waals surface area (Å²) >= 11 is 0. The standard InChI is InChI=1S/C14H20N2O2/c1-4-12-14(17)16(8-9(2)3)11-7-10(15)5-6-13(11)18-12/h5-7,9,12H,4,8,15H2,1-3H3. The summed E-state index contributed by atoms with van der Waals surface area (Å²) in [6.45, 7) is 6.83. The number of nitrogens with zero attached hydrogens (tertiary/aromatic N) is 1. The maximum Gasteiger partial charge on any atom is 0.268 e. The van der Waals surface area contributed by atoms with Crippen molar-refractivity contribution in [1.82, 2.24) is 0 Å². The first-order valence-corrected chi connectivity index (χ1v) is 6.40. The number of carbonyl (C=O) groups is 1. The predicted octanol–water partition coefficient (Wildman–Crippen LogP) is 2.43. The normalized spacial score (nSPS) is 18.8. The summed E-state index contributed by atoms with van der Waals surface area (Å²) in [5.74, 6) is 1.18. The summed E-state index contributed by atoms with van der Waals surface area (Å²) in [5.41, 5.74) is 7.23. The van der Waals surface area contributed by atoms with Gasteiger partial charge in [0, 0.05) is 12.2 Å². The molecular weight excluding hydrogens is 228 g/mol. The molecule has 1 aliphatic rings. The van der Waals surface area contributed by atoms with Crippen molar-refractivity contribution < 1.29 is 9.53 Å². The first-order valence-electron chi connectivity index (χ1n) is 6.40. The Bertz CT molecular complexity index is 457. The van der Waals surface area contributed by atoms with E-state index in [9.17, 15) is 4.79 Å². The average Bonchev–Trinajstić information content (AvgIpc) is 2.32. The zero-order valence-electron chi connectivity index (χ0n) is 11.1. The third-order valence-electron chi connectivity index (χ3n) is 3.00. The molecule has 98 valence electrons. The van der Waals surface area contributed by atoms with Gasteiger partial charge in [0.1, 0.15) is 5.75 Å². The summed E-state index contributed by atoms with van der Waals surface area (Å²) < 4.78 is 5.71. The number of amides is 1. The second kappa shape index (κ2) is 4.88. The molecule has 0 spiro atoms. The van der Waals surface area contributed by atoms with E-state index in [0.717, 1.165) is 11.4 Å². The molecule has 0 radical (unpaired) electrons. The average molecular weight is 248 g/mol. The highest BCUT2D eigenvalue weighted by Crippen LogP contribution is 2.36. The van der Waals surface area contributed by atoms with Crippen molar-refractivity contribution in [2.75, 3.05) is 17.2 Å². The monoisotopic (exact) mass is 248 g/mol. The Balaban J connectivity index is 2.42. The van der Waals surface area contributed by atoms with Gasteiger partial charge in [-0.1, -0.05) is 20.8 Å². The zero-order chi connectivity index (χ0) is 13.3. The summed E-state index contributed by atoms with van der Waals surface area (Å²) in [4.78, 5) is 14.1. The number of fused-ring (bicyclic) bond motifs is 1. The van der Waals surface area contributed by atoms with E-state index in [1.807, 2.05) is 19.1 Å². The van der Waals surface area contributed by atoms with Gasteiger partial charge in [-0.05, 0) is 30.5 Å². The van der Waals surface area contributed by atoms with E-state index in [4.69, 9.17) is 10.5 Å². The highest BCUT2D eigenvalue weighted by atomic mass is 16.5. The second-order valence-corrected chi connectivity index (χ2v) is 5.08. The van der Waals surface area contributed by atoms with Gasteiger partial charge in [-0.15, -0.1) is 0 Å². The van der Waals surface area contributed by atoms with Gasteiger partial charge in [0.05, 0.1) is 5.69 Å². The quantitative estimate of drug-likeness (QED) is 0.836. The number of nitrogens with two attached hydrogens (primary N) is 1. The Kier molecular flexibility index (Phi) is 3.45. The van der Waals surface area contributed by atoms with Crippen molar-refractivity contribution in [2.24, 2.45) is 5.92 Å². The fraction of sp³-hybridized carbons (Fsp3) is 0.500. The molecule has 0 aliphatic carbocycles. The number of carbonyl (C=O) groups excluding carboxylic acids is 1. The molecule has 1 amide bonds. The van der Waals surface area contributed by atoms with E-state index in [-0.39, 0.29) is 12.0 Å². The lowest BCUT2D eigenvalue weighted by Gasteiger charge is -2.35. The molecule has 1 aliphatic heterocycles. The van der Waals surface area contributed by atoms with Crippen LogP contribution in [-0.4, -0.2) is 18.6 Å². The maximum atomic E-state index is 12.3. The fourth-order valence-corrected chi connectivity index (χ4v) is 2.15. The van der Waals surface area contributed by atoms with Gasteiger partial charge in [-0.25, -0.2) is 0 Å². The molecule has 4 nitrogen and oxygen atoms in total. The fourth-order valence-electron chi connectivity index (χ4n) is 2.15. The molecule has 1 aromatic carbocycles. The van der Waals surface area contributed by atoms with E-state index in [0.29, 0.717) is 24.6 Å². The summed E-state index contributed by atoms with van der Waals surface area (Å²) in [5, 5.41) is 0. The molecule has 0 bridgehead atoms. The van der Waals surface area contributed by atoms with Crippen LogP contribution in [0, 0.1) is 5.92 Å². The number of nitrogen functional groups attached to an aromatic ring is 1. The van der Waals surface area contributed by atoms with E-state index in [2.05, 4.69) is 13.8 Å². The van der Waals surface area contributed by atoms with Crippen LogP contribution in [-0.2, 0) is 4.79 Å². The minimum absolute atomic E-state index is 0.0318. The van der Waals surface area contributed by atoms with Crippen molar-refractivity contribution in [2.45, 2.75) is 33.3 Å². The topological polar surface area (TPSA) is 55.6 Å². The van der Waals surface area contributed by atoms with E-state index in [1.165, 1.54) is 0 Å². The van der Waals surface area contributed by atoms with Crippen LogP contribution in [0.4, 0.5) is 11.4 Å². The van der Waals surface area contributed by atoms with Gasteiger partial charge in [0.25, 0.3) is 5.91 Å². The van der Waals surface area contributed by atoms with Crippen LogP contribution in [0.15, 0.2) is 18.2 Å². The number of hydrogen-bond donors (Lipinski definition) is 1. The van der Waals surface area contributed by atoms with Gasteiger partial charge in [0.15, 0.2) is 6.10 Å². The van der Waals surface area contributed by atoms with Gasteiger partial charge >= 0.3 is 0 Å². The molecule has 2 N–H and O–H groups in total. The molecule has 1 heterocycles. The van der Waals surface area contributed by atoms with Crippen LogP contribution >= 0.6 is 0 Å². The van der Waals surface area contributed by atoms with Crippen molar-refractivity contribution in [3.63, 3.8) is 0 Å². The van der Waals surface area contributed by atoms with Crippen LogP contribution < -0.4 is 15.4 Å². The summed E-state index contributed by atoms with van der Waals surface area (Å²) in [6, 6.07) is 5.45. The van der Waals surface area contributed by atoms with E-state index in [1.54, 1.807) is 11.0 Å². The molecule has 4 heteroatoms.